The molecule has 0 fully saturated rings. The van der Waals surface area contributed by atoms with Gasteiger partial charge >= 0.3 is 6.03 Å². The van der Waals surface area contributed by atoms with Gasteiger partial charge < -0.3 is 31.0 Å². The fraction of sp³-hybridized carbons (Fsp3) is 0.200. The second kappa shape index (κ2) is 9.39. The van der Waals surface area contributed by atoms with Gasteiger partial charge in [-0.2, -0.15) is 0 Å². The number of anilines is 2. The Morgan fingerprint density at radius 1 is 1.46 bits per heavy atom. The number of nitrogens with zero attached hydrogens (tertiary/aromatic N) is 3. The number of hydrogen-bond acceptors (Lipinski definition) is 8. The smallest absolute Gasteiger partial charge is 0.319 e. The van der Waals surface area contributed by atoms with Gasteiger partial charge in [0.2, 0.25) is 5.88 Å². The number of amides is 2. The van der Waals surface area contributed by atoms with E-state index in [4.69, 9.17) is 27.2 Å². The van der Waals surface area contributed by atoms with Crippen LogP contribution in [0, 0.1) is 0 Å². The number of nitrogen functional groups attached to an aromatic ring is 1. The summed E-state index contributed by atoms with van der Waals surface area (Å²) in [6.07, 6.45) is 2.57. The summed E-state index contributed by atoms with van der Waals surface area (Å²) in [4.78, 5) is 24.1. The van der Waals surface area contributed by atoms with E-state index < -0.39 is 6.03 Å². The van der Waals surface area contributed by atoms with E-state index in [1.807, 2.05) is 0 Å². The number of hydrogen-bond donors (Lipinski definition) is 4. The van der Waals surface area contributed by atoms with Crippen molar-refractivity contribution in [1.29, 1.82) is 0 Å². The van der Waals surface area contributed by atoms with Gasteiger partial charge in [-0.3, -0.25) is 0 Å². The standard InChI is InChI=1S/C15H17ClN6O4/c1-25-21-7-10-13(17)19-8-20-14(10)26-9-2-3-12(11(16)6-9)22-15(24)18-4-5-23/h2-3,6-8,23H,4-5H2,1H3,(H2,17,19,20)(H2,18,22,24). The van der Waals surface area contributed by atoms with Crippen LogP contribution in [-0.4, -0.2) is 47.6 Å². The normalized spacial score (nSPS) is 10.6. The van der Waals surface area contributed by atoms with Crippen LogP contribution >= 0.6 is 11.6 Å². The molecular formula is C15H17ClN6O4. The Bertz CT molecular complexity index is 802. The molecular weight excluding hydrogens is 364 g/mol. The first-order valence-corrected chi connectivity index (χ1v) is 7.73. The van der Waals surface area contributed by atoms with E-state index in [2.05, 4.69) is 30.6 Å². The number of aromatic nitrogens is 2. The molecule has 11 heteroatoms. The SMILES string of the molecule is CON=Cc1c(N)ncnc1Oc1ccc(NC(=O)NCCO)c(Cl)c1. The molecule has 0 bridgehead atoms. The van der Waals surface area contributed by atoms with E-state index in [1.54, 1.807) is 12.1 Å². The second-order valence-electron chi connectivity index (χ2n) is 4.74. The number of ether oxygens (including phenoxy) is 1. The average molecular weight is 381 g/mol. The topological polar surface area (TPSA) is 144 Å². The van der Waals surface area contributed by atoms with Gasteiger partial charge in [0.1, 0.15) is 30.6 Å². The van der Waals surface area contributed by atoms with Gasteiger partial charge in [0.05, 0.1) is 23.5 Å². The minimum absolute atomic E-state index is 0.131. The molecule has 10 nitrogen and oxygen atoms in total. The highest BCUT2D eigenvalue weighted by Gasteiger charge is 2.12. The lowest BCUT2D eigenvalue weighted by Crippen LogP contribution is -2.31. The predicted molar refractivity (Wildman–Crippen MR) is 96.7 cm³/mol. The van der Waals surface area contributed by atoms with Crippen LogP contribution in [0.1, 0.15) is 5.56 Å². The predicted octanol–water partition coefficient (Wildman–Crippen LogP) is 1.60. The number of rotatable bonds is 7. The summed E-state index contributed by atoms with van der Waals surface area (Å²) in [6, 6.07) is 4.15. The van der Waals surface area contributed by atoms with Gasteiger partial charge in [0, 0.05) is 12.6 Å². The summed E-state index contributed by atoms with van der Waals surface area (Å²) in [5, 5.41) is 17.6. The van der Waals surface area contributed by atoms with Gasteiger partial charge in [0.25, 0.3) is 0 Å². The number of benzene rings is 1. The Hall–Kier alpha value is -3.11. The number of oxime groups is 1. The summed E-state index contributed by atoms with van der Waals surface area (Å²) >= 11 is 6.15. The Morgan fingerprint density at radius 2 is 2.27 bits per heavy atom. The molecule has 0 aliphatic carbocycles. The minimum atomic E-state index is -0.490. The molecule has 26 heavy (non-hydrogen) atoms. The van der Waals surface area contributed by atoms with E-state index in [0.717, 1.165) is 0 Å². The highest BCUT2D eigenvalue weighted by Crippen LogP contribution is 2.30. The number of aliphatic hydroxyl groups excluding tert-OH is 1. The molecule has 5 N–H and O–H groups in total. The highest BCUT2D eigenvalue weighted by molar-refractivity contribution is 6.33. The molecule has 0 unspecified atom stereocenters. The van der Waals surface area contributed by atoms with Crippen molar-refractivity contribution in [3.8, 4) is 11.6 Å². The lowest BCUT2D eigenvalue weighted by atomic mass is 10.3. The summed E-state index contributed by atoms with van der Waals surface area (Å²) in [7, 11) is 1.39. The molecule has 0 aliphatic rings. The molecule has 1 heterocycles. The third-order valence-electron chi connectivity index (χ3n) is 2.97. The maximum Gasteiger partial charge on any atom is 0.319 e. The molecule has 0 saturated heterocycles. The van der Waals surface area contributed by atoms with Gasteiger partial charge in [-0.25, -0.2) is 14.8 Å². The minimum Gasteiger partial charge on any atom is -0.438 e. The Balaban J connectivity index is 2.17. The van der Waals surface area contributed by atoms with Gasteiger partial charge in [0.15, 0.2) is 0 Å². The van der Waals surface area contributed by atoms with Crippen molar-refractivity contribution in [1.82, 2.24) is 15.3 Å². The van der Waals surface area contributed by atoms with Crippen molar-refractivity contribution >= 4 is 35.4 Å². The number of aliphatic hydroxyl groups is 1. The molecule has 138 valence electrons. The number of nitrogens with two attached hydrogens (primary N) is 1. The lowest BCUT2D eigenvalue weighted by Gasteiger charge is -2.11. The largest absolute Gasteiger partial charge is 0.438 e. The van der Waals surface area contributed by atoms with Crippen molar-refractivity contribution in [2.75, 3.05) is 31.3 Å². The molecule has 0 spiro atoms. The zero-order valence-corrected chi connectivity index (χ0v) is 14.5. The van der Waals surface area contributed by atoms with Gasteiger partial charge in [-0.1, -0.05) is 16.8 Å². The summed E-state index contributed by atoms with van der Waals surface area (Å²) < 4.78 is 5.67. The van der Waals surface area contributed by atoms with E-state index >= 15 is 0 Å². The quantitative estimate of drug-likeness (QED) is 0.421. The van der Waals surface area contributed by atoms with E-state index in [1.165, 1.54) is 25.7 Å². The monoisotopic (exact) mass is 380 g/mol. The number of nitrogens with one attached hydrogen (secondary N) is 2. The molecule has 1 aromatic heterocycles. The highest BCUT2D eigenvalue weighted by atomic mass is 35.5. The molecule has 0 saturated carbocycles. The number of halogens is 1. The zero-order valence-electron chi connectivity index (χ0n) is 13.8. The molecule has 2 aromatic rings. The third kappa shape index (κ3) is 5.19. The van der Waals surface area contributed by atoms with Crippen molar-refractivity contribution in [2.45, 2.75) is 0 Å². The molecule has 2 rings (SSSR count). The fourth-order valence-electron chi connectivity index (χ4n) is 1.81. The second-order valence-corrected chi connectivity index (χ2v) is 5.15. The van der Waals surface area contributed by atoms with Gasteiger partial charge in [-0.05, 0) is 12.1 Å². The van der Waals surface area contributed by atoms with Crippen LogP contribution in [0.4, 0.5) is 16.3 Å². The number of carbonyl (C=O) groups excluding carboxylic acids is 1. The fourth-order valence-corrected chi connectivity index (χ4v) is 2.03. The van der Waals surface area contributed by atoms with Crippen LogP contribution in [0.5, 0.6) is 11.6 Å². The molecule has 0 atom stereocenters. The Labute approximate surface area is 154 Å². The number of urea groups is 1. The van der Waals surface area contributed by atoms with Crippen LogP contribution in [-0.2, 0) is 4.84 Å². The lowest BCUT2D eigenvalue weighted by molar-refractivity contribution is 0.215. The third-order valence-corrected chi connectivity index (χ3v) is 3.28. The first-order valence-electron chi connectivity index (χ1n) is 7.35. The number of carbonyl (C=O) groups is 1. The van der Waals surface area contributed by atoms with Crippen LogP contribution < -0.4 is 21.1 Å². The summed E-state index contributed by atoms with van der Waals surface area (Å²) in [5.41, 5.74) is 6.50. The van der Waals surface area contributed by atoms with Crippen LogP contribution in [0.25, 0.3) is 0 Å². The van der Waals surface area contributed by atoms with Crippen LogP contribution in [0.15, 0.2) is 29.7 Å². The Morgan fingerprint density at radius 3 is 2.96 bits per heavy atom. The average Bonchev–Trinajstić information content (AvgIpc) is 2.62. The molecule has 2 amide bonds. The molecule has 0 aliphatic heterocycles. The van der Waals surface area contributed by atoms with Crippen molar-refractivity contribution in [2.24, 2.45) is 5.16 Å². The van der Waals surface area contributed by atoms with Crippen LogP contribution in [0.3, 0.4) is 0 Å². The summed E-state index contributed by atoms with van der Waals surface area (Å²) in [6.45, 7) is -0.0315. The van der Waals surface area contributed by atoms with E-state index in [0.29, 0.717) is 17.0 Å². The zero-order chi connectivity index (χ0) is 18.9. The first-order chi connectivity index (χ1) is 12.5. The van der Waals surface area contributed by atoms with Crippen molar-refractivity contribution in [3.63, 3.8) is 0 Å². The van der Waals surface area contributed by atoms with Crippen molar-refractivity contribution < 1.29 is 19.5 Å². The Kier molecular flexibility index (Phi) is 6.94. The first kappa shape index (κ1) is 19.2. The maximum atomic E-state index is 11.6. The van der Waals surface area contributed by atoms with Gasteiger partial charge in [-0.15, -0.1) is 0 Å². The molecule has 1 aromatic carbocycles. The maximum absolute atomic E-state index is 11.6. The van der Waals surface area contributed by atoms with Crippen LogP contribution in [0.2, 0.25) is 5.02 Å². The molecule has 0 radical (unpaired) electrons. The van der Waals surface area contributed by atoms with E-state index in [-0.39, 0.29) is 29.9 Å². The van der Waals surface area contributed by atoms with E-state index in [9.17, 15) is 4.79 Å². The summed E-state index contributed by atoms with van der Waals surface area (Å²) in [5.74, 6) is 0.693. The van der Waals surface area contributed by atoms with Crippen molar-refractivity contribution in [3.05, 3.63) is 35.1 Å².